The number of hydrogen-bond donors (Lipinski definition) is 0. The summed E-state index contributed by atoms with van der Waals surface area (Å²) in [6.07, 6.45) is -1.06. The smallest absolute Gasteiger partial charge is 0.306 e. The molecule has 1 saturated heterocycles. The lowest BCUT2D eigenvalue weighted by Crippen LogP contribution is -2.38. The number of Topliss-reactive ketones (excluding diaryl/α,β-unsaturated/α-hetero) is 1. The molecule has 54 heavy (non-hydrogen) atoms. The molecule has 1 aromatic heterocycles. The Morgan fingerprint density at radius 2 is 1.33 bits per heavy atom. The lowest BCUT2D eigenvalue weighted by atomic mass is 9.89. The molecule has 0 spiro atoms. The molecule has 0 saturated carbocycles. The van der Waals surface area contributed by atoms with Crippen LogP contribution in [0.15, 0.2) is 143 Å². The van der Waals surface area contributed by atoms with Crippen LogP contribution in [-0.4, -0.2) is 36.2 Å². The van der Waals surface area contributed by atoms with Gasteiger partial charge in [-0.25, -0.2) is 8.42 Å². The van der Waals surface area contributed by atoms with Gasteiger partial charge in [0.25, 0.3) is 5.56 Å². The third-order valence-corrected chi connectivity index (χ3v) is 12.5. The van der Waals surface area contributed by atoms with Gasteiger partial charge >= 0.3 is 6.18 Å². The number of nitrogens with zero attached hydrogens (tertiary/aromatic N) is 2. The second-order valence-electron chi connectivity index (χ2n) is 13.9. The summed E-state index contributed by atoms with van der Waals surface area (Å²) in [6, 6.07) is 37.1. The molecule has 1 fully saturated rings. The third-order valence-electron chi connectivity index (χ3n) is 10.6. The van der Waals surface area contributed by atoms with Gasteiger partial charge in [0.15, 0.2) is 5.78 Å². The number of carbonyl (C=O) groups is 1. The Hall–Kier alpha value is -5.58. The summed E-state index contributed by atoms with van der Waals surface area (Å²) in [5, 5.41) is 0. The number of piperidine rings is 1. The maximum Gasteiger partial charge on any atom is 0.416 e. The summed E-state index contributed by atoms with van der Waals surface area (Å²) >= 11 is 0. The Kier molecular flexibility index (Phi) is 9.19. The number of benzene rings is 5. The van der Waals surface area contributed by atoms with Gasteiger partial charge in [0.05, 0.1) is 17.0 Å². The van der Waals surface area contributed by atoms with Gasteiger partial charge in [-0.15, -0.1) is 0 Å². The molecule has 0 unspecified atom stereocenters. The normalized spacial score (nSPS) is 14.8. The molecular formula is C44H35F3N2O4S. The Balaban J connectivity index is 0.904. The summed E-state index contributed by atoms with van der Waals surface area (Å²) in [4.78, 5) is 25.8. The van der Waals surface area contributed by atoms with Crippen molar-refractivity contribution in [3.63, 3.8) is 0 Å². The van der Waals surface area contributed by atoms with Gasteiger partial charge in [0.2, 0.25) is 10.0 Å². The molecule has 0 bridgehead atoms. The number of alkyl halides is 3. The van der Waals surface area contributed by atoms with Crippen LogP contribution in [-0.2, 0) is 29.2 Å². The van der Waals surface area contributed by atoms with E-state index in [2.05, 4.69) is 66.7 Å². The summed E-state index contributed by atoms with van der Waals surface area (Å²) in [5.74, 6) is -0.248. The summed E-state index contributed by atoms with van der Waals surface area (Å²) in [5.41, 5.74) is 8.52. The first-order chi connectivity index (χ1) is 25.9. The SMILES string of the molecule is O=C(Cn1cc(S(=O)(=O)N2CCC(c3ccc(-c4ccc5c(c4)Cc4ccccc4-5)cc3)CC2)ccc1=O)c1ccc(-c2cccc(C(F)(F)F)c2)cc1. The predicted molar refractivity (Wildman–Crippen MR) is 203 cm³/mol. The Morgan fingerprint density at radius 1 is 0.685 bits per heavy atom. The molecule has 0 radical (unpaired) electrons. The van der Waals surface area contributed by atoms with Crippen LogP contribution in [0.1, 0.15) is 51.4 Å². The highest BCUT2D eigenvalue weighted by atomic mass is 32.2. The topological polar surface area (TPSA) is 76.5 Å². The second-order valence-corrected chi connectivity index (χ2v) is 15.9. The summed E-state index contributed by atoms with van der Waals surface area (Å²) < 4.78 is 69.5. The van der Waals surface area contributed by atoms with Crippen molar-refractivity contribution in [3.8, 4) is 33.4 Å². The van der Waals surface area contributed by atoms with E-state index in [1.807, 2.05) is 0 Å². The zero-order valence-electron chi connectivity index (χ0n) is 29.1. The number of fused-ring (bicyclic) bond motifs is 3. The number of ketones is 1. The molecule has 6 nitrogen and oxygen atoms in total. The average molecular weight is 745 g/mol. The number of pyridine rings is 1. The number of rotatable bonds is 8. The number of carbonyl (C=O) groups excluding carboxylic acids is 1. The fourth-order valence-corrected chi connectivity index (χ4v) is 9.10. The molecular weight excluding hydrogens is 710 g/mol. The highest BCUT2D eigenvalue weighted by molar-refractivity contribution is 7.89. The van der Waals surface area contributed by atoms with E-state index < -0.39 is 39.7 Å². The number of halogens is 3. The molecule has 0 amide bonds. The maximum atomic E-state index is 13.7. The van der Waals surface area contributed by atoms with Crippen LogP contribution in [0.25, 0.3) is 33.4 Å². The standard InChI is InChI=1S/C44H35F3N2O4S/c45-44(46,47)38-6-3-5-34(26-38)30-12-14-33(15-13-30)42(50)28-48-27-39(17-19-43(48)51)54(52,53)49-22-20-32(21-23-49)29-8-10-31(11-9-29)35-16-18-41-37(24-35)25-36-4-1-2-7-40(36)41/h1-19,24,26-27,32H,20-23,25,28H2. The van der Waals surface area contributed by atoms with Crippen LogP contribution in [0, 0.1) is 0 Å². The van der Waals surface area contributed by atoms with Crippen LogP contribution < -0.4 is 5.56 Å². The van der Waals surface area contributed by atoms with Crippen molar-refractivity contribution in [2.45, 2.75) is 42.8 Å². The fourth-order valence-electron chi connectivity index (χ4n) is 7.61. The second kappa shape index (κ2) is 14.0. The number of sulfonamides is 1. The quantitative estimate of drug-likeness (QED) is 0.146. The number of aromatic nitrogens is 1. The van der Waals surface area contributed by atoms with Crippen LogP contribution in [0.5, 0.6) is 0 Å². The zero-order valence-corrected chi connectivity index (χ0v) is 29.9. The lowest BCUT2D eigenvalue weighted by Gasteiger charge is -2.31. The lowest BCUT2D eigenvalue weighted by molar-refractivity contribution is -0.137. The molecule has 1 aliphatic carbocycles. The van der Waals surface area contributed by atoms with Crippen LogP contribution in [0.2, 0.25) is 0 Å². The van der Waals surface area contributed by atoms with E-state index in [1.165, 1.54) is 80.3 Å². The monoisotopic (exact) mass is 744 g/mol. The summed E-state index contributed by atoms with van der Waals surface area (Å²) in [7, 11) is -3.94. The van der Waals surface area contributed by atoms with Crippen molar-refractivity contribution in [1.82, 2.24) is 8.87 Å². The molecule has 272 valence electrons. The molecule has 2 heterocycles. The van der Waals surface area contributed by atoms with Crippen molar-refractivity contribution in [2.24, 2.45) is 0 Å². The average Bonchev–Trinajstić information content (AvgIpc) is 3.56. The van der Waals surface area contributed by atoms with Crippen molar-refractivity contribution >= 4 is 15.8 Å². The molecule has 8 rings (SSSR count). The van der Waals surface area contributed by atoms with Gasteiger partial charge in [-0.2, -0.15) is 17.5 Å². The molecule has 5 aromatic carbocycles. The minimum absolute atomic E-state index is 0.0740. The van der Waals surface area contributed by atoms with Gasteiger partial charge in [-0.05, 0) is 93.5 Å². The van der Waals surface area contributed by atoms with Gasteiger partial charge in [-0.3, -0.25) is 9.59 Å². The minimum Gasteiger partial charge on any atom is -0.306 e. The minimum atomic E-state index is -4.48. The highest BCUT2D eigenvalue weighted by Crippen LogP contribution is 2.39. The van der Waals surface area contributed by atoms with E-state index in [1.54, 1.807) is 6.07 Å². The van der Waals surface area contributed by atoms with E-state index in [0.29, 0.717) is 37.1 Å². The van der Waals surface area contributed by atoms with Crippen molar-refractivity contribution in [2.75, 3.05) is 13.1 Å². The Labute approximate surface area is 311 Å². The van der Waals surface area contributed by atoms with Gasteiger partial charge in [0.1, 0.15) is 0 Å². The number of hydrogen-bond acceptors (Lipinski definition) is 4. The van der Waals surface area contributed by atoms with E-state index >= 15 is 0 Å². The molecule has 1 aliphatic heterocycles. The van der Waals surface area contributed by atoms with E-state index in [4.69, 9.17) is 0 Å². The van der Waals surface area contributed by atoms with Crippen LogP contribution in [0.4, 0.5) is 13.2 Å². The van der Waals surface area contributed by atoms with E-state index in [-0.39, 0.29) is 16.4 Å². The molecule has 2 aliphatic rings. The molecule has 0 atom stereocenters. The van der Waals surface area contributed by atoms with Gasteiger partial charge < -0.3 is 4.57 Å². The van der Waals surface area contributed by atoms with Crippen LogP contribution >= 0.6 is 0 Å². The fraction of sp³-hybridized carbons (Fsp3) is 0.182. The first-order valence-corrected chi connectivity index (χ1v) is 19.2. The third kappa shape index (κ3) is 6.95. The molecule has 0 N–H and O–H groups in total. The van der Waals surface area contributed by atoms with E-state index in [9.17, 15) is 31.2 Å². The maximum absolute atomic E-state index is 13.7. The molecule has 10 heteroatoms. The van der Waals surface area contributed by atoms with Crippen molar-refractivity contribution < 1.29 is 26.4 Å². The summed E-state index contributed by atoms with van der Waals surface area (Å²) in [6.45, 7) is 0.231. The Morgan fingerprint density at radius 3 is 2.06 bits per heavy atom. The predicted octanol–water partition coefficient (Wildman–Crippen LogP) is 9.22. The van der Waals surface area contributed by atoms with E-state index in [0.717, 1.165) is 34.8 Å². The first-order valence-electron chi connectivity index (χ1n) is 17.8. The molecule has 6 aromatic rings. The van der Waals surface area contributed by atoms with Crippen molar-refractivity contribution in [1.29, 1.82) is 0 Å². The largest absolute Gasteiger partial charge is 0.416 e. The van der Waals surface area contributed by atoms with Gasteiger partial charge in [0, 0.05) is 30.9 Å². The van der Waals surface area contributed by atoms with Crippen molar-refractivity contribution in [3.05, 3.63) is 172 Å². The van der Waals surface area contributed by atoms with Crippen LogP contribution in [0.3, 0.4) is 0 Å². The first kappa shape index (κ1) is 35.4. The highest BCUT2D eigenvalue weighted by Gasteiger charge is 2.32. The van der Waals surface area contributed by atoms with Gasteiger partial charge in [-0.1, -0.05) is 103 Å². The zero-order chi connectivity index (χ0) is 37.6. The Bertz CT molecular complexity index is 2550.